The third kappa shape index (κ3) is 2.80. The van der Waals surface area contributed by atoms with Gasteiger partial charge in [0.25, 0.3) is 0 Å². The molecule has 0 spiro atoms. The molecule has 1 aromatic heterocycles. The molecule has 0 bridgehead atoms. The first-order valence-electron chi connectivity index (χ1n) is 7.30. The summed E-state index contributed by atoms with van der Waals surface area (Å²) in [5.74, 6) is 0. The molecule has 2 heterocycles. The first-order chi connectivity index (χ1) is 11.6. The number of halogens is 3. The van der Waals surface area contributed by atoms with Gasteiger partial charge >= 0.3 is 0 Å². The fraction of sp³-hybridized carbons (Fsp3) is 0.176. The van der Waals surface area contributed by atoms with Crippen LogP contribution in [-0.2, 0) is 16.9 Å². The van der Waals surface area contributed by atoms with E-state index in [1.165, 1.54) is 6.33 Å². The molecule has 1 aliphatic rings. The van der Waals surface area contributed by atoms with E-state index in [1.807, 2.05) is 36.4 Å². The van der Waals surface area contributed by atoms with Gasteiger partial charge in [0.2, 0.25) is 0 Å². The molecule has 0 saturated carbocycles. The Kier molecular flexibility index (Phi) is 4.01. The Labute approximate surface area is 153 Å². The van der Waals surface area contributed by atoms with Gasteiger partial charge in [-0.3, -0.25) is 0 Å². The largest absolute Gasteiger partial charge is 0.354 e. The highest BCUT2D eigenvalue weighted by atomic mass is 35.5. The van der Waals surface area contributed by atoms with Gasteiger partial charge < -0.3 is 4.74 Å². The molecule has 0 amide bonds. The quantitative estimate of drug-likeness (QED) is 0.604. The highest BCUT2D eigenvalue weighted by Gasteiger charge is 2.59. The van der Waals surface area contributed by atoms with Gasteiger partial charge in [-0.15, -0.1) is 0 Å². The maximum absolute atomic E-state index is 6.37. The second-order valence-corrected chi connectivity index (χ2v) is 6.93. The van der Waals surface area contributed by atoms with Crippen LogP contribution < -0.4 is 0 Å². The van der Waals surface area contributed by atoms with Crippen LogP contribution in [0.15, 0.2) is 55.1 Å². The summed E-state index contributed by atoms with van der Waals surface area (Å²) >= 11 is 18.4. The van der Waals surface area contributed by atoms with Gasteiger partial charge in [0, 0.05) is 20.6 Å². The maximum Gasteiger partial charge on any atom is 0.144 e. The minimum absolute atomic E-state index is 0.187. The highest BCUT2D eigenvalue weighted by Crippen LogP contribution is 2.59. The van der Waals surface area contributed by atoms with Gasteiger partial charge in [0.05, 0.1) is 6.54 Å². The van der Waals surface area contributed by atoms with E-state index in [1.54, 1.807) is 17.1 Å². The topological polar surface area (TPSA) is 43.2 Å². The van der Waals surface area contributed by atoms with Gasteiger partial charge in [-0.05, 0) is 29.8 Å². The van der Waals surface area contributed by atoms with E-state index in [-0.39, 0.29) is 6.10 Å². The summed E-state index contributed by atoms with van der Waals surface area (Å²) in [5.41, 5.74) is 1.35. The average Bonchev–Trinajstić information content (AvgIpc) is 3.02. The zero-order valence-corrected chi connectivity index (χ0v) is 14.6. The molecule has 7 heteroatoms. The summed E-state index contributed by atoms with van der Waals surface area (Å²) in [6, 6.07) is 13.1. The van der Waals surface area contributed by atoms with Gasteiger partial charge in [0.15, 0.2) is 0 Å². The second kappa shape index (κ2) is 6.05. The number of benzene rings is 2. The van der Waals surface area contributed by atoms with E-state index in [9.17, 15) is 0 Å². The third-order valence-corrected chi connectivity index (χ3v) is 4.95. The lowest BCUT2D eigenvalue weighted by Gasteiger charge is -2.14. The molecule has 3 aromatic rings. The molecular weight excluding hydrogens is 369 g/mol. The molecule has 0 N–H and O–H groups in total. The first-order valence-corrected chi connectivity index (χ1v) is 8.43. The van der Waals surface area contributed by atoms with Crippen molar-refractivity contribution in [2.45, 2.75) is 18.2 Å². The van der Waals surface area contributed by atoms with E-state index in [0.717, 1.165) is 11.1 Å². The molecule has 24 heavy (non-hydrogen) atoms. The third-order valence-electron chi connectivity index (χ3n) is 4.14. The Morgan fingerprint density at radius 1 is 1.04 bits per heavy atom. The van der Waals surface area contributed by atoms with Crippen molar-refractivity contribution >= 4 is 34.8 Å². The van der Waals surface area contributed by atoms with Crippen LogP contribution in [0.3, 0.4) is 0 Å². The van der Waals surface area contributed by atoms with E-state index < -0.39 is 5.60 Å². The summed E-state index contributed by atoms with van der Waals surface area (Å²) in [7, 11) is 0. The molecule has 1 aliphatic heterocycles. The van der Waals surface area contributed by atoms with Crippen LogP contribution in [0, 0.1) is 0 Å². The summed E-state index contributed by atoms with van der Waals surface area (Å²) < 4.78 is 7.90. The summed E-state index contributed by atoms with van der Waals surface area (Å²) in [4.78, 5) is 4.00. The minimum atomic E-state index is -0.560. The van der Waals surface area contributed by atoms with E-state index in [2.05, 4.69) is 10.1 Å². The number of epoxide rings is 1. The zero-order chi connectivity index (χ0) is 16.7. The van der Waals surface area contributed by atoms with Crippen LogP contribution in [-0.4, -0.2) is 14.8 Å². The normalized spacial score (nSPS) is 22.5. The Hall–Kier alpha value is -1.59. The number of hydrogen-bond donors (Lipinski definition) is 0. The van der Waals surface area contributed by atoms with Crippen molar-refractivity contribution < 1.29 is 4.74 Å². The molecule has 2 atom stereocenters. The van der Waals surface area contributed by atoms with Crippen LogP contribution in [0.2, 0.25) is 15.1 Å². The van der Waals surface area contributed by atoms with Crippen LogP contribution >= 0.6 is 34.8 Å². The molecule has 122 valence electrons. The van der Waals surface area contributed by atoms with Crippen LogP contribution in [0.5, 0.6) is 0 Å². The van der Waals surface area contributed by atoms with Gasteiger partial charge in [0.1, 0.15) is 24.4 Å². The van der Waals surface area contributed by atoms with Crippen LogP contribution in [0.4, 0.5) is 0 Å². The number of ether oxygens (including phenoxy) is 1. The van der Waals surface area contributed by atoms with Gasteiger partial charge in [-0.2, -0.15) is 5.10 Å². The molecule has 4 rings (SSSR count). The van der Waals surface area contributed by atoms with Gasteiger partial charge in [-0.1, -0.05) is 53.0 Å². The first kappa shape index (κ1) is 15.9. The predicted molar refractivity (Wildman–Crippen MR) is 93.4 cm³/mol. The monoisotopic (exact) mass is 379 g/mol. The number of nitrogens with zero attached hydrogens (tertiary/aromatic N) is 3. The molecule has 0 unspecified atom stereocenters. The Balaban J connectivity index is 1.74. The van der Waals surface area contributed by atoms with Crippen molar-refractivity contribution in [3.05, 3.63) is 81.3 Å². The van der Waals surface area contributed by atoms with E-state index in [0.29, 0.717) is 21.6 Å². The molecule has 1 saturated heterocycles. The van der Waals surface area contributed by atoms with Crippen molar-refractivity contribution in [2.24, 2.45) is 0 Å². The van der Waals surface area contributed by atoms with Gasteiger partial charge in [-0.25, -0.2) is 9.67 Å². The Bertz CT molecular complexity index is 867. The van der Waals surface area contributed by atoms with Crippen molar-refractivity contribution in [1.82, 2.24) is 14.8 Å². The van der Waals surface area contributed by atoms with E-state index >= 15 is 0 Å². The van der Waals surface area contributed by atoms with Crippen molar-refractivity contribution in [1.29, 1.82) is 0 Å². The van der Waals surface area contributed by atoms with Crippen LogP contribution in [0.25, 0.3) is 0 Å². The number of hydrogen-bond acceptors (Lipinski definition) is 3. The molecule has 0 radical (unpaired) electrons. The highest BCUT2D eigenvalue weighted by molar-refractivity contribution is 6.35. The lowest BCUT2D eigenvalue weighted by atomic mass is 9.91. The predicted octanol–water partition coefficient (Wildman–Crippen LogP) is 4.91. The second-order valence-electron chi connectivity index (χ2n) is 5.65. The molecule has 1 fully saturated rings. The molecule has 0 aliphatic carbocycles. The number of aromatic nitrogens is 3. The molecule has 4 nitrogen and oxygen atoms in total. The smallest absolute Gasteiger partial charge is 0.144 e. The average molecular weight is 381 g/mol. The number of rotatable bonds is 4. The minimum Gasteiger partial charge on any atom is -0.354 e. The maximum atomic E-state index is 6.37. The summed E-state index contributed by atoms with van der Waals surface area (Å²) in [5, 5.41) is 6.05. The molecular formula is C17H12Cl3N3O. The summed E-state index contributed by atoms with van der Waals surface area (Å²) in [6.45, 7) is 0.526. The SMILES string of the molecule is Clc1ccc([C@@]2(Cn3cncn3)O[C@@H]2c2ccc(Cl)cc2Cl)cc1. The fourth-order valence-electron chi connectivity index (χ4n) is 2.92. The zero-order valence-electron chi connectivity index (χ0n) is 12.4. The van der Waals surface area contributed by atoms with Crippen molar-refractivity contribution in [3.8, 4) is 0 Å². The fourth-order valence-corrected chi connectivity index (χ4v) is 3.56. The Morgan fingerprint density at radius 2 is 1.79 bits per heavy atom. The lowest BCUT2D eigenvalue weighted by molar-refractivity contribution is 0.262. The Morgan fingerprint density at radius 3 is 2.46 bits per heavy atom. The summed E-state index contributed by atoms with van der Waals surface area (Å²) in [6.07, 6.45) is 2.98. The molecule has 2 aromatic carbocycles. The van der Waals surface area contributed by atoms with E-state index in [4.69, 9.17) is 39.5 Å². The van der Waals surface area contributed by atoms with Crippen molar-refractivity contribution in [2.75, 3.05) is 0 Å². The lowest BCUT2D eigenvalue weighted by Crippen LogP contribution is -2.19. The van der Waals surface area contributed by atoms with Crippen molar-refractivity contribution in [3.63, 3.8) is 0 Å². The standard InChI is InChI=1S/C17H12Cl3N3O/c18-12-3-1-11(2-4-12)17(8-23-10-21-9-22-23)16(24-17)14-6-5-13(19)7-15(14)20/h1-7,9-10,16H,8H2/t16-,17-/m1/s1. The van der Waals surface area contributed by atoms with Crippen LogP contribution in [0.1, 0.15) is 17.2 Å².